The van der Waals surface area contributed by atoms with Crippen LogP contribution < -0.4 is 16.4 Å². The maximum atomic E-state index is 5.57. The molecule has 4 N–H and O–H groups in total. The first kappa shape index (κ1) is 11.0. The molecule has 3 heteroatoms. The van der Waals surface area contributed by atoms with Gasteiger partial charge in [-0.2, -0.15) is 0 Å². The summed E-state index contributed by atoms with van der Waals surface area (Å²) in [4.78, 5) is 0. The van der Waals surface area contributed by atoms with Crippen LogP contribution in [0.4, 0.5) is 0 Å². The summed E-state index contributed by atoms with van der Waals surface area (Å²) in [5.41, 5.74) is 7.27. The van der Waals surface area contributed by atoms with Gasteiger partial charge in [-0.1, -0.05) is 13.2 Å². The van der Waals surface area contributed by atoms with Gasteiger partial charge in [0.05, 0.1) is 0 Å². The molecule has 1 unspecified atom stereocenters. The summed E-state index contributed by atoms with van der Waals surface area (Å²) < 4.78 is 0. The molecular weight excluding hydrogens is 150 g/mol. The molecule has 3 nitrogen and oxygen atoms in total. The van der Waals surface area contributed by atoms with Gasteiger partial charge in [0.1, 0.15) is 0 Å². The minimum Gasteiger partial charge on any atom is -0.401 e. The van der Waals surface area contributed by atoms with Gasteiger partial charge >= 0.3 is 0 Å². The molecule has 0 saturated carbocycles. The van der Waals surface area contributed by atoms with E-state index in [4.69, 9.17) is 5.73 Å². The van der Waals surface area contributed by atoms with Crippen LogP contribution in [0.2, 0.25) is 0 Å². The number of nitrogens with two attached hydrogens (primary N) is 1. The molecule has 0 aliphatic rings. The molecule has 0 heterocycles. The third kappa shape index (κ3) is 4.03. The molecule has 0 aliphatic heterocycles. The number of hydrogen-bond acceptors (Lipinski definition) is 3. The maximum Gasteiger partial charge on any atom is 0.0462 e. The summed E-state index contributed by atoms with van der Waals surface area (Å²) in [6, 6.07) is 0.190. The van der Waals surface area contributed by atoms with Gasteiger partial charge in [0.15, 0.2) is 0 Å². The zero-order valence-corrected chi connectivity index (χ0v) is 7.98. The fourth-order valence-corrected chi connectivity index (χ4v) is 0.959. The smallest absolute Gasteiger partial charge is 0.0462 e. The first-order valence-electron chi connectivity index (χ1n) is 4.08. The van der Waals surface area contributed by atoms with Gasteiger partial charge in [-0.25, -0.2) is 0 Å². The lowest BCUT2D eigenvalue weighted by molar-refractivity contribution is 0.574. The van der Waals surface area contributed by atoms with E-state index in [1.54, 1.807) is 0 Å². The second kappa shape index (κ2) is 5.66. The van der Waals surface area contributed by atoms with Gasteiger partial charge in [-0.15, -0.1) is 0 Å². The topological polar surface area (TPSA) is 50.1 Å². The lowest BCUT2D eigenvalue weighted by Crippen LogP contribution is -2.31. The van der Waals surface area contributed by atoms with Crippen molar-refractivity contribution in [1.29, 1.82) is 0 Å². The molecule has 0 fully saturated rings. The molecule has 1 atom stereocenters. The molecule has 0 radical (unpaired) electrons. The summed E-state index contributed by atoms with van der Waals surface area (Å²) in [5, 5.41) is 6.08. The van der Waals surface area contributed by atoms with Crippen LogP contribution in [0.15, 0.2) is 24.6 Å². The van der Waals surface area contributed by atoms with E-state index in [2.05, 4.69) is 23.8 Å². The lowest BCUT2D eigenvalue weighted by Gasteiger charge is -2.16. The van der Waals surface area contributed by atoms with Crippen molar-refractivity contribution in [2.24, 2.45) is 5.73 Å². The fraction of sp³-hybridized carbons (Fsp3) is 0.556. The Morgan fingerprint density at radius 1 is 1.42 bits per heavy atom. The quantitative estimate of drug-likeness (QED) is 0.544. The summed E-state index contributed by atoms with van der Waals surface area (Å²) >= 11 is 0. The standard InChI is InChI=1S/C9H19N3/c1-7(11-3)5-6-9(12-4)8(2)10/h9,11-12H,1-2,5-6,10H2,3-4H3. The van der Waals surface area contributed by atoms with Crippen molar-refractivity contribution in [3.8, 4) is 0 Å². The zero-order valence-electron chi connectivity index (χ0n) is 7.98. The Balaban J connectivity index is 3.73. The number of rotatable bonds is 6. The molecule has 0 rings (SSSR count). The van der Waals surface area contributed by atoms with Crippen LogP contribution >= 0.6 is 0 Å². The molecule has 0 aromatic rings. The van der Waals surface area contributed by atoms with Crippen molar-refractivity contribution in [1.82, 2.24) is 10.6 Å². The highest BCUT2D eigenvalue weighted by Crippen LogP contribution is 2.05. The SMILES string of the molecule is C=C(CCC(NC)C(=C)N)NC. The van der Waals surface area contributed by atoms with E-state index < -0.39 is 0 Å². The van der Waals surface area contributed by atoms with Crippen molar-refractivity contribution >= 4 is 0 Å². The van der Waals surface area contributed by atoms with Gasteiger partial charge in [0, 0.05) is 24.5 Å². The average molecular weight is 169 g/mol. The third-order valence-electron chi connectivity index (χ3n) is 1.88. The van der Waals surface area contributed by atoms with Gasteiger partial charge in [-0.3, -0.25) is 0 Å². The van der Waals surface area contributed by atoms with E-state index in [0.29, 0.717) is 5.70 Å². The zero-order chi connectivity index (χ0) is 9.56. The molecule has 0 saturated heterocycles. The predicted molar refractivity (Wildman–Crippen MR) is 53.6 cm³/mol. The van der Waals surface area contributed by atoms with E-state index in [0.717, 1.165) is 18.5 Å². The molecule has 12 heavy (non-hydrogen) atoms. The highest BCUT2D eigenvalue weighted by Gasteiger charge is 2.06. The second-order valence-electron chi connectivity index (χ2n) is 2.81. The van der Waals surface area contributed by atoms with Crippen LogP contribution in [0, 0.1) is 0 Å². The van der Waals surface area contributed by atoms with Crippen LogP contribution in [0.3, 0.4) is 0 Å². The fourth-order valence-electron chi connectivity index (χ4n) is 0.959. The van der Waals surface area contributed by atoms with E-state index >= 15 is 0 Å². The summed E-state index contributed by atoms with van der Waals surface area (Å²) in [6.45, 7) is 7.52. The molecular formula is C9H19N3. The minimum absolute atomic E-state index is 0.190. The average Bonchev–Trinajstić information content (AvgIpc) is 2.04. The Morgan fingerprint density at radius 2 is 2.00 bits per heavy atom. The summed E-state index contributed by atoms with van der Waals surface area (Å²) in [5.74, 6) is 0. The van der Waals surface area contributed by atoms with Crippen molar-refractivity contribution in [2.75, 3.05) is 14.1 Å². The van der Waals surface area contributed by atoms with Crippen LogP contribution in [0.25, 0.3) is 0 Å². The lowest BCUT2D eigenvalue weighted by atomic mass is 10.1. The Kier molecular flexibility index (Phi) is 5.21. The highest BCUT2D eigenvalue weighted by atomic mass is 14.9. The first-order valence-corrected chi connectivity index (χ1v) is 4.08. The number of allylic oxidation sites excluding steroid dienone is 1. The van der Waals surface area contributed by atoms with Gasteiger partial charge in [0.25, 0.3) is 0 Å². The summed E-state index contributed by atoms with van der Waals surface area (Å²) in [7, 11) is 3.75. The highest BCUT2D eigenvalue weighted by molar-refractivity contribution is 5.02. The second-order valence-corrected chi connectivity index (χ2v) is 2.81. The van der Waals surface area contributed by atoms with E-state index in [9.17, 15) is 0 Å². The van der Waals surface area contributed by atoms with Gasteiger partial charge < -0.3 is 16.4 Å². The molecule has 70 valence electrons. The number of hydrogen-bond donors (Lipinski definition) is 3. The number of likely N-dealkylation sites (N-methyl/N-ethyl adjacent to an activating group) is 1. The third-order valence-corrected chi connectivity index (χ3v) is 1.88. The Bertz CT molecular complexity index is 163. The predicted octanol–water partition coefficient (Wildman–Crippen LogP) is 0.560. The van der Waals surface area contributed by atoms with Crippen molar-refractivity contribution in [3.63, 3.8) is 0 Å². The Labute approximate surface area is 74.7 Å². The largest absolute Gasteiger partial charge is 0.401 e. The van der Waals surface area contributed by atoms with E-state index in [-0.39, 0.29) is 6.04 Å². The molecule has 0 spiro atoms. The van der Waals surface area contributed by atoms with Crippen LogP contribution in [0.1, 0.15) is 12.8 Å². The normalized spacial score (nSPS) is 12.2. The molecule has 0 aromatic carbocycles. The first-order chi connectivity index (χ1) is 5.61. The minimum atomic E-state index is 0.190. The van der Waals surface area contributed by atoms with Crippen molar-refractivity contribution in [2.45, 2.75) is 18.9 Å². The molecule has 0 aromatic heterocycles. The maximum absolute atomic E-state index is 5.57. The van der Waals surface area contributed by atoms with Crippen LogP contribution in [0.5, 0.6) is 0 Å². The monoisotopic (exact) mass is 169 g/mol. The van der Waals surface area contributed by atoms with Gasteiger partial charge in [0.2, 0.25) is 0 Å². The van der Waals surface area contributed by atoms with Crippen LogP contribution in [-0.4, -0.2) is 20.1 Å². The summed E-state index contributed by atoms with van der Waals surface area (Å²) in [6.07, 6.45) is 1.85. The Morgan fingerprint density at radius 3 is 2.33 bits per heavy atom. The van der Waals surface area contributed by atoms with E-state index in [1.165, 1.54) is 0 Å². The molecule has 0 bridgehead atoms. The Hall–Kier alpha value is -0.960. The van der Waals surface area contributed by atoms with Crippen molar-refractivity contribution < 1.29 is 0 Å². The number of nitrogens with one attached hydrogen (secondary N) is 2. The van der Waals surface area contributed by atoms with Crippen molar-refractivity contribution in [3.05, 3.63) is 24.6 Å². The van der Waals surface area contributed by atoms with Gasteiger partial charge in [-0.05, 0) is 19.9 Å². The van der Waals surface area contributed by atoms with Crippen LogP contribution in [-0.2, 0) is 0 Å². The van der Waals surface area contributed by atoms with E-state index in [1.807, 2.05) is 14.1 Å². The molecule has 0 amide bonds. The molecule has 0 aliphatic carbocycles.